The van der Waals surface area contributed by atoms with E-state index in [-0.39, 0.29) is 40.3 Å². The fourth-order valence-electron chi connectivity index (χ4n) is 3.49. The molecule has 7 nitrogen and oxygen atoms in total. The lowest BCUT2D eigenvalue weighted by molar-refractivity contribution is -0.385. The van der Waals surface area contributed by atoms with Crippen LogP contribution in [-0.4, -0.2) is 10.7 Å². The Morgan fingerprint density at radius 3 is 2.68 bits per heavy atom. The van der Waals surface area contributed by atoms with Crippen LogP contribution < -0.4 is 5.73 Å². The number of carbonyl (C=O) groups is 1. The van der Waals surface area contributed by atoms with Gasteiger partial charge in [0.25, 0.3) is 5.69 Å². The number of ether oxygens (including phenoxy) is 1. The van der Waals surface area contributed by atoms with Crippen LogP contribution in [0.15, 0.2) is 47.1 Å². The molecule has 0 radical (unpaired) electrons. The number of allylic oxidation sites excluding steroid dienone is 3. The molecular weight excluding hydrogens is 322 g/mol. The first-order chi connectivity index (χ1) is 11.7. The van der Waals surface area contributed by atoms with Gasteiger partial charge in [-0.2, -0.15) is 5.26 Å². The zero-order valence-corrected chi connectivity index (χ0v) is 13.9. The number of Topliss-reactive ketones (excluding diaryl/α,β-unsaturated/α-hetero) is 1. The van der Waals surface area contributed by atoms with Crippen molar-refractivity contribution in [3.05, 3.63) is 62.7 Å². The van der Waals surface area contributed by atoms with Crippen molar-refractivity contribution < 1.29 is 14.5 Å². The van der Waals surface area contributed by atoms with Crippen LogP contribution in [0.3, 0.4) is 0 Å². The standard InChI is InChI=1S/C18H17N3O4/c1-18(2)7-13(22)16-14(8-18)25-17(20)11(9-19)15(16)10-5-3-4-6-12(10)21(23)24/h3-6,15H,7-8,20H2,1-2H3/t15-/m1/s1. The van der Waals surface area contributed by atoms with E-state index in [1.54, 1.807) is 18.2 Å². The quantitative estimate of drug-likeness (QED) is 0.653. The van der Waals surface area contributed by atoms with Crippen LogP contribution in [0, 0.1) is 26.9 Å². The highest BCUT2D eigenvalue weighted by Crippen LogP contribution is 2.49. The minimum atomic E-state index is -0.876. The SMILES string of the molecule is CC1(C)CC(=O)C2=C(C1)OC(N)=C(C#N)[C@H]2c1ccccc1[N+](=O)[O-]. The first-order valence-electron chi connectivity index (χ1n) is 7.82. The largest absolute Gasteiger partial charge is 0.444 e. The number of nitrogens with two attached hydrogens (primary N) is 1. The number of benzene rings is 1. The number of hydrogen-bond acceptors (Lipinski definition) is 6. The highest BCUT2D eigenvalue weighted by atomic mass is 16.6. The minimum Gasteiger partial charge on any atom is -0.444 e. The first kappa shape index (κ1) is 16.7. The topological polar surface area (TPSA) is 119 Å². The molecule has 0 fully saturated rings. The molecule has 2 aliphatic rings. The summed E-state index contributed by atoms with van der Waals surface area (Å²) in [6, 6.07) is 8.05. The molecule has 1 aromatic rings. The Hall–Kier alpha value is -3.14. The molecule has 0 unspecified atom stereocenters. The van der Waals surface area contributed by atoms with Crippen molar-refractivity contribution in [2.24, 2.45) is 11.1 Å². The van der Waals surface area contributed by atoms with Crippen molar-refractivity contribution in [2.75, 3.05) is 0 Å². The van der Waals surface area contributed by atoms with Gasteiger partial charge in [0.1, 0.15) is 17.4 Å². The molecule has 7 heteroatoms. The number of nitrogens with zero attached hydrogens (tertiary/aromatic N) is 2. The Morgan fingerprint density at radius 2 is 2.04 bits per heavy atom. The minimum absolute atomic E-state index is 0.0288. The average Bonchev–Trinajstić information content (AvgIpc) is 2.52. The monoisotopic (exact) mass is 339 g/mol. The molecule has 0 spiro atoms. The van der Waals surface area contributed by atoms with Gasteiger partial charge in [-0.3, -0.25) is 14.9 Å². The van der Waals surface area contributed by atoms with E-state index in [4.69, 9.17) is 10.5 Å². The van der Waals surface area contributed by atoms with Crippen LogP contribution in [0.4, 0.5) is 5.69 Å². The zero-order chi connectivity index (χ0) is 18.4. The molecule has 1 aliphatic carbocycles. The Labute approximate surface area is 144 Å². The lowest BCUT2D eigenvalue weighted by atomic mass is 9.70. The maximum atomic E-state index is 12.8. The molecule has 3 rings (SSSR count). The number of nitro benzene ring substituents is 1. The Morgan fingerprint density at radius 1 is 1.36 bits per heavy atom. The van der Waals surface area contributed by atoms with Crippen molar-refractivity contribution in [1.82, 2.24) is 0 Å². The smallest absolute Gasteiger partial charge is 0.273 e. The van der Waals surface area contributed by atoms with Gasteiger partial charge in [-0.1, -0.05) is 32.0 Å². The highest BCUT2D eigenvalue weighted by molar-refractivity contribution is 6.00. The Balaban J connectivity index is 2.26. The third kappa shape index (κ3) is 2.76. The number of hydrogen-bond donors (Lipinski definition) is 1. The lowest BCUT2D eigenvalue weighted by Crippen LogP contribution is -2.33. The second kappa shape index (κ2) is 5.74. The molecule has 1 atom stereocenters. The summed E-state index contributed by atoms with van der Waals surface area (Å²) in [4.78, 5) is 23.7. The van der Waals surface area contributed by atoms with Crippen LogP contribution in [0.2, 0.25) is 0 Å². The molecule has 1 aliphatic heterocycles. The lowest BCUT2D eigenvalue weighted by Gasteiger charge is -2.37. The summed E-state index contributed by atoms with van der Waals surface area (Å²) in [6.45, 7) is 3.88. The Bertz CT molecular complexity index is 890. The van der Waals surface area contributed by atoms with Gasteiger partial charge in [0.2, 0.25) is 5.88 Å². The molecule has 0 saturated carbocycles. The van der Waals surface area contributed by atoms with Gasteiger partial charge in [0, 0.05) is 30.0 Å². The molecular formula is C18H17N3O4. The highest BCUT2D eigenvalue weighted by Gasteiger charge is 2.44. The molecule has 0 aromatic heterocycles. The summed E-state index contributed by atoms with van der Waals surface area (Å²) in [6.07, 6.45) is 0.759. The van der Waals surface area contributed by atoms with Crippen molar-refractivity contribution in [1.29, 1.82) is 5.26 Å². The van der Waals surface area contributed by atoms with E-state index in [1.165, 1.54) is 6.07 Å². The summed E-state index contributed by atoms with van der Waals surface area (Å²) in [5.74, 6) is -0.746. The number of ketones is 1. The van der Waals surface area contributed by atoms with E-state index in [9.17, 15) is 20.2 Å². The van der Waals surface area contributed by atoms with E-state index in [2.05, 4.69) is 0 Å². The van der Waals surface area contributed by atoms with Crippen molar-refractivity contribution >= 4 is 11.5 Å². The number of nitro groups is 1. The van der Waals surface area contributed by atoms with Gasteiger partial charge < -0.3 is 10.5 Å². The first-order valence-corrected chi connectivity index (χ1v) is 7.82. The molecule has 1 heterocycles. The number of rotatable bonds is 2. The predicted molar refractivity (Wildman–Crippen MR) is 88.8 cm³/mol. The van der Waals surface area contributed by atoms with Gasteiger partial charge in [-0.05, 0) is 5.41 Å². The van der Waals surface area contributed by atoms with E-state index in [0.29, 0.717) is 17.8 Å². The maximum absolute atomic E-state index is 12.8. The maximum Gasteiger partial charge on any atom is 0.273 e. The third-order valence-electron chi connectivity index (χ3n) is 4.52. The third-order valence-corrected chi connectivity index (χ3v) is 4.52. The van der Waals surface area contributed by atoms with Crippen molar-refractivity contribution in [3.63, 3.8) is 0 Å². The average molecular weight is 339 g/mol. The summed E-state index contributed by atoms with van der Waals surface area (Å²) in [5, 5.41) is 21.0. The molecule has 0 bridgehead atoms. The van der Waals surface area contributed by atoms with Crippen LogP contribution >= 0.6 is 0 Å². The van der Waals surface area contributed by atoms with Gasteiger partial charge >= 0.3 is 0 Å². The van der Waals surface area contributed by atoms with Gasteiger partial charge in [-0.25, -0.2) is 0 Å². The van der Waals surface area contributed by atoms with Crippen LogP contribution in [0.5, 0.6) is 0 Å². The van der Waals surface area contributed by atoms with Crippen LogP contribution in [0.1, 0.15) is 38.2 Å². The van der Waals surface area contributed by atoms with E-state index < -0.39 is 10.8 Å². The van der Waals surface area contributed by atoms with Crippen LogP contribution in [0.25, 0.3) is 0 Å². The van der Waals surface area contributed by atoms with Crippen molar-refractivity contribution in [3.8, 4) is 6.07 Å². The number of para-hydroxylation sites is 1. The fourth-order valence-corrected chi connectivity index (χ4v) is 3.49. The molecule has 2 N–H and O–H groups in total. The molecule has 25 heavy (non-hydrogen) atoms. The fraction of sp³-hybridized carbons (Fsp3) is 0.333. The zero-order valence-electron chi connectivity index (χ0n) is 13.9. The van der Waals surface area contributed by atoms with Gasteiger partial charge in [0.05, 0.1) is 10.8 Å². The van der Waals surface area contributed by atoms with E-state index in [1.807, 2.05) is 19.9 Å². The molecule has 128 valence electrons. The summed E-state index contributed by atoms with van der Waals surface area (Å²) in [7, 11) is 0. The van der Waals surface area contributed by atoms with Gasteiger partial charge in [-0.15, -0.1) is 0 Å². The predicted octanol–water partition coefficient (Wildman–Crippen LogP) is 3.05. The second-order valence-electron chi connectivity index (χ2n) is 7.02. The normalized spacial score (nSPS) is 22.1. The van der Waals surface area contributed by atoms with Crippen LogP contribution in [-0.2, 0) is 9.53 Å². The number of carbonyl (C=O) groups excluding carboxylic acids is 1. The van der Waals surface area contributed by atoms with E-state index >= 15 is 0 Å². The molecule has 0 saturated heterocycles. The molecule has 1 aromatic carbocycles. The van der Waals surface area contributed by atoms with Gasteiger partial charge in [0.15, 0.2) is 5.78 Å². The summed E-state index contributed by atoms with van der Waals surface area (Å²) < 4.78 is 5.58. The molecule has 0 amide bonds. The Kier molecular flexibility index (Phi) is 3.84. The summed E-state index contributed by atoms with van der Waals surface area (Å²) in [5.41, 5.74) is 6.06. The number of nitriles is 1. The summed E-state index contributed by atoms with van der Waals surface area (Å²) >= 11 is 0. The van der Waals surface area contributed by atoms with Crippen molar-refractivity contribution in [2.45, 2.75) is 32.6 Å². The second-order valence-corrected chi connectivity index (χ2v) is 7.02. The van der Waals surface area contributed by atoms with E-state index in [0.717, 1.165) is 0 Å².